The predicted octanol–water partition coefficient (Wildman–Crippen LogP) is 4.68. The van der Waals surface area contributed by atoms with Crippen LogP contribution >= 0.6 is 0 Å². The van der Waals surface area contributed by atoms with E-state index in [1.807, 2.05) is 30.3 Å². The summed E-state index contributed by atoms with van der Waals surface area (Å²) in [4.78, 5) is 2.23. The van der Waals surface area contributed by atoms with Gasteiger partial charge in [0.2, 0.25) is 0 Å². The molecule has 0 saturated carbocycles. The maximum absolute atomic E-state index is 12.6. The number of ether oxygens (including phenoxy) is 2. The van der Waals surface area contributed by atoms with E-state index in [0.717, 1.165) is 16.9 Å². The SMILES string of the molecule is ON1CC=C(N2CCC(Oc3ccccc3OC(F)(F)F)CC2)c2ccccc21. The molecule has 0 bridgehead atoms. The quantitative estimate of drug-likeness (QED) is 0.799. The number of hydrogen-bond acceptors (Lipinski definition) is 5. The number of fused-ring (bicyclic) bond motifs is 1. The normalized spacial score (nSPS) is 17.6. The van der Waals surface area contributed by atoms with Crippen LogP contribution in [0, 0.1) is 0 Å². The van der Waals surface area contributed by atoms with Gasteiger partial charge in [-0.15, -0.1) is 13.2 Å². The third-order valence-electron chi connectivity index (χ3n) is 5.07. The van der Waals surface area contributed by atoms with E-state index >= 15 is 0 Å². The molecule has 0 atom stereocenters. The Morgan fingerprint density at radius 3 is 2.31 bits per heavy atom. The van der Waals surface area contributed by atoms with Crippen LogP contribution in [-0.2, 0) is 0 Å². The van der Waals surface area contributed by atoms with Crippen LogP contribution in [0.15, 0.2) is 54.6 Å². The van der Waals surface area contributed by atoms with Gasteiger partial charge in [0.1, 0.15) is 6.10 Å². The second-order valence-corrected chi connectivity index (χ2v) is 6.99. The summed E-state index contributed by atoms with van der Waals surface area (Å²) in [5.41, 5.74) is 2.79. The Bertz CT molecular complexity index is 893. The number of hydroxylamine groups is 1. The third kappa shape index (κ3) is 4.42. The Morgan fingerprint density at radius 2 is 1.59 bits per heavy atom. The first-order valence-electron chi connectivity index (χ1n) is 9.43. The minimum absolute atomic E-state index is 0.0985. The predicted molar refractivity (Wildman–Crippen MR) is 102 cm³/mol. The number of hydrogen-bond donors (Lipinski definition) is 1. The number of anilines is 1. The van der Waals surface area contributed by atoms with Crippen molar-refractivity contribution < 1.29 is 27.9 Å². The molecule has 1 N–H and O–H groups in total. The number of alkyl halides is 3. The van der Waals surface area contributed by atoms with Gasteiger partial charge in [0.05, 0.1) is 12.2 Å². The highest BCUT2D eigenvalue weighted by molar-refractivity contribution is 5.78. The fraction of sp³-hybridized carbons (Fsp3) is 0.333. The number of benzene rings is 2. The molecule has 2 heterocycles. The number of likely N-dealkylation sites (tertiary alicyclic amines) is 1. The maximum Gasteiger partial charge on any atom is 0.573 e. The van der Waals surface area contributed by atoms with E-state index < -0.39 is 6.36 Å². The zero-order valence-electron chi connectivity index (χ0n) is 15.6. The molecule has 0 unspecified atom stereocenters. The van der Waals surface area contributed by atoms with Gasteiger partial charge in [0.25, 0.3) is 0 Å². The van der Waals surface area contributed by atoms with Crippen molar-refractivity contribution in [2.24, 2.45) is 0 Å². The van der Waals surface area contributed by atoms with Crippen LogP contribution in [0.3, 0.4) is 0 Å². The smallest absolute Gasteiger partial charge is 0.486 e. The molecular formula is C21H21F3N2O3. The number of nitrogens with zero attached hydrogens (tertiary/aromatic N) is 2. The number of rotatable bonds is 4. The lowest BCUT2D eigenvalue weighted by atomic mass is 10.0. The minimum Gasteiger partial charge on any atom is -0.486 e. The van der Waals surface area contributed by atoms with Gasteiger partial charge in [-0.25, -0.2) is 0 Å². The van der Waals surface area contributed by atoms with Crippen LogP contribution in [0.25, 0.3) is 5.70 Å². The molecule has 0 radical (unpaired) electrons. The molecule has 0 aliphatic carbocycles. The van der Waals surface area contributed by atoms with Gasteiger partial charge >= 0.3 is 6.36 Å². The van der Waals surface area contributed by atoms with Gasteiger partial charge in [-0.05, 0) is 24.3 Å². The number of para-hydroxylation sites is 3. The van der Waals surface area contributed by atoms with Crippen molar-refractivity contribution in [2.45, 2.75) is 25.3 Å². The third-order valence-corrected chi connectivity index (χ3v) is 5.07. The van der Waals surface area contributed by atoms with Crippen LogP contribution in [-0.4, -0.2) is 42.2 Å². The molecule has 2 aliphatic rings. The van der Waals surface area contributed by atoms with Crippen molar-refractivity contribution in [1.82, 2.24) is 4.90 Å². The molecule has 2 aliphatic heterocycles. The highest BCUT2D eigenvalue weighted by atomic mass is 19.4. The Balaban J connectivity index is 1.41. The Kier molecular flexibility index (Phi) is 5.27. The molecular weight excluding hydrogens is 385 g/mol. The molecule has 1 fully saturated rings. The van der Waals surface area contributed by atoms with Gasteiger partial charge in [-0.3, -0.25) is 10.3 Å². The number of halogens is 3. The number of piperidine rings is 1. The first-order chi connectivity index (χ1) is 13.9. The average Bonchev–Trinajstić information content (AvgIpc) is 2.70. The highest BCUT2D eigenvalue weighted by Crippen LogP contribution is 2.36. The molecule has 2 aromatic rings. The van der Waals surface area contributed by atoms with Crippen molar-refractivity contribution in [2.75, 3.05) is 24.7 Å². The Morgan fingerprint density at radius 1 is 0.931 bits per heavy atom. The van der Waals surface area contributed by atoms with E-state index in [2.05, 4.69) is 9.64 Å². The van der Waals surface area contributed by atoms with E-state index in [9.17, 15) is 18.4 Å². The molecule has 0 aromatic heterocycles. The van der Waals surface area contributed by atoms with Crippen molar-refractivity contribution in [3.63, 3.8) is 0 Å². The van der Waals surface area contributed by atoms with E-state index in [1.165, 1.54) is 23.3 Å². The van der Waals surface area contributed by atoms with Crippen molar-refractivity contribution in [3.05, 3.63) is 60.2 Å². The molecule has 0 spiro atoms. The molecule has 8 heteroatoms. The van der Waals surface area contributed by atoms with Crippen LogP contribution in [0.2, 0.25) is 0 Å². The molecule has 5 nitrogen and oxygen atoms in total. The minimum atomic E-state index is -4.76. The van der Waals surface area contributed by atoms with E-state index in [4.69, 9.17) is 4.74 Å². The second-order valence-electron chi connectivity index (χ2n) is 6.99. The maximum atomic E-state index is 12.6. The van der Waals surface area contributed by atoms with Crippen molar-refractivity contribution >= 4 is 11.4 Å². The molecule has 4 rings (SSSR count). The molecule has 29 heavy (non-hydrogen) atoms. The summed E-state index contributed by atoms with van der Waals surface area (Å²) in [5.74, 6) is -0.226. The lowest BCUT2D eigenvalue weighted by molar-refractivity contribution is -0.275. The summed E-state index contributed by atoms with van der Waals surface area (Å²) in [6, 6.07) is 13.5. The van der Waals surface area contributed by atoms with E-state index in [-0.39, 0.29) is 17.6 Å². The summed E-state index contributed by atoms with van der Waals surface area (Å²) in [5, 5.41) is 11.3. The highest BCUT2D eigenvalue weighted by Gasteiger charge is 2.33. The largest absolute Gasteiger partial charge is 0.573 e. The van der Waals surface area contributed by atoms with Gasteiger partial charge in [0, 0.05) is 37.2 Å². The van der Waals surface area contributed by atoms with Crippen LogP contribution < -0.4 is 14.5 Å². The van der Waals surface area contributed by atoms with Crippen molar-refractivity contribution in [3.8, 4) is 11.5 Å². The Hall–Kier alpha value is -2.87. The zero-order chi connectivity index (χ0) is 20.4. The lowest BCUT2D eigenvalue weighted by Gasteiger charge is -2.38. The summed E-state index contributed by atoms with van der Waals surface area (Å²) in [7, 11) is 0. The zero-order valence-corrected chi connectivity index (χ0v) is 15.6. The molecule has 154 valence electrons. The monoisotopic (exact) mass is 406 g/mol. The first kappa shape index (κ1) is 19.4. The van der Waals surface area contributed by atoms with Gasteiger partial charge < -0.3 is 14.4 Å². The lowest BCUT2D eigenvalue weighted by Crippen LogP contribution is -2.38. The summed E-state index contributed by atoms with van der Waals surface area (Å²) in [6.07, 6.45) is -1.64. The average molecular weight is 406 g/mol. The van der Waals surface area contributed by atoms with Gasteiger partial charge in [-0.1, -0.05) is 30.3 Å². The first-order valence-corrected chi connectivity index (χ1v) is 9.43. The molecule has 1 saturated heterocycles. The van der Waals surface area contributed by atoms with Gasteiger partial charge in [-0.2, -0.15) is 0 Å². The van der Waals surface area contributed by atoms with E-state index in [1.54, 1.807) is 6.07 Å². The fourth-order valence-electron chi connectivity index (χ4n) is 3.75. The summed E-state index contributed by atoms with van der Waals surface area (Å²) in [6.45, 7) is 1.82. The van der Waals surface area contributed by atoms with Crippen LogP contribution in [0.4, 0.5) is 18.9 Å². The van der Waals surface area contributed by atoms with Crippen LogP contribution in [0.5, 0.6) is 11.5 Å². The van der Waals surface area contributed by atoms with Gasteiger partial charge in [0.15, 0.2) is 11.5 Å². The van der Waals surface area contributed by atoms with E-state index in [0.29, 0.717) is 32.5 Å². The van der Waals surface area contributed by atoms with Crippen molar-refractivity contribution in [1.29, 1.82) is 0 Å². The summed E-state index contributed by atoms with van der Waals surface area (Å²) < 4.78 is 47.7. The fourth-order valence-corrected chi connectivity index (χ4v) is 3.75. The summed E-state index contributed by atoms with van der Waals surface area (Å²) >= 11 is 0. The molecule has 0 amide bonds. The molecule has 2 aromatic carbocycles. The second kappa shape index (κ2) is 7.87. The topological polar surface area (TPSA) is 45.2 Å². The van der Waals surface area contributed by atoms with Crippen LogP contribution in [0.1, 0.15) is 18.4 Å². The Labute approximate surface area is 166 Å². The standard InChI is InChI=1S/C21H21F3N2O3/c22-21(23,24)29-20-8-4-3-7-19(20)28-15-9-12-25(13-10-15)17-11-14-26(27)18-6-2-1-5-16(17)18/h1-8,11,15,27H,9-10,12-14H2.